The second-order valence-corrected chi connectivity index (χ2v) is 8.38. The van der Waals surface area contributed by atoms with Crippen molar-refractivity contribution in [3.8, 4) is 11.3 Å². The average molecular weight is 376 g/mol. The lowest BCUT2D eigenvalue weighted by Crippen LogP contribution is -2.13. The van der Waals surface area contributed by atoms with Crippen LogP contribution in [-0.2, 0) is 10.0 Å². The SMILES string of the molecule is Cc1ccc(S(=O)(=O)Nc2ccc(-c3cc4ccccc4[nH]3)cc2)cc1C. The molecule has 4 nitrogen and oxygen atoms in total. The van der Waals surface area contributed by atoms with Crippen molar-refractivity contribution in [1.29, 1.82) is 0 Å². The smallest absolute Gasteiger partial charge is 0.261 e. The molecular weight excluding hydrogens is 356 g/mol. The summed E-state index contributed by atoms with van der Waals surface area (Å²) in [6, 6.07) is 22.7. The molecule has 136 valence electrons. The Morgan fingerprint density at radius 2 is 1.56 bits per heavy atom. The van der Waals surface area contributed by atoms with Crippen LogP contribution >= 0.6 is 0 Å². The van der Waals surface area contributed by atoms with Crippen LogP contribution in [0.25, 0.3) is 22.2 Å². The van der Waals surface area contributed by atoms with E-state index in [-0.39, 0.29) is 4.90 Å². The molecule has 1 aromatic heterocycles. The zero-order valence-corrected chi connectivity index (χ0v) is 16.0. The van der Waals surface area contributed by atoms with Crippen LogP contribution in [-0.4, -0.2) is 13.4 Å². The van der Waals surface area contributed by atoms with Crippen molar-refractivity contribution in [3.63, 3.8) is 0 Å². The van der Waals surface area contributed by atoms with Gasteiger partial charge in [0.25, 0.3) is 10.0 Å². The Morgan fingerprint density at radius 3 is 2.26 bits per heavy atom. The van der Waals surface area contributed by atoms with Crippen molar-refractivity contribution in [1.82, 2.24) is 4.98 Å². The highest BCUT2D eigenvalue weighted by Gasteiger charge is 2.15. The second kappa shape index (κ2) is 6.59. The molecule has 0 bridgehead atoms. The maximum atomic E-state index is 12.6. The lowest BCUT2D eigenvalue weighted by Gasteiger charge is -2.10. The summed E-state index contributed by atoms with van der Waals surface area (Å²) in [6.07, 6.45) is 0. The predicted molar refractivity (Wildman–Crippen MR) is 110 cm³/mol. The maximum absolute atomic E-state index is 12.6. The molecule has 2 N–H and O–H groups in total. The molecule has 0 aliphatic carbocycles. The molecule has 4 rings (SSSR count). The average Bonchev–Trinajstić information content (AvgIpc) is 3.08. The monoisotopic (exact) mass is 376 g/mol. The van der Waals surface area contributed by atoms with Crippen molar-refractivity contribution in [3.05, 3.63) is 83.9 Å². The van der Waals surface area contributed by atoms with Gasteiger partial charge in [0.15, 0.2) is 0 Å². The van der Waals surface area contributed by atoms with Gasteiger partial charge in [0, 0.05) is 22.3 Å². The molecule has 5 heteroatoms. The molecule has 0 aliphatic rings. The van der Waals surface area contributed by atoms with Crippen LogP contribution in [0.5, 0.6) is 0 Å². The van der Waals surface area contributed by atoms with Gasteiger partial charge >= 0.3 is 0 Å². The number of hydrogen-bond donors (Lipinski definition) is 2. The maximum Gasteiger partial charge on any atom is 0.261 e. The van der Waals surface area contributed by atoms with Crippen molar-refractivity contribution in [2.24, 2.45) is 0 Å². The molecule has 0 radical (unpaired) electrons. The van der Waals surface area contributed by atoms with Gasteiger partial charge in [0.2, 0.25) is 0 Å². The van der Waals surface area contributed by atoms with Crippen LogP contribution in [0.1, 0.15) is 11.1 Å². The minimum absolute atomic E-state index is 0.269. The number of hydrogen-bond acceptors (Lipinski definition) is 2. The summed E-state index contributed by atoms with van der Waals surface area (Å²) in [7, 11) is -3.61. The molecule has 27 heavy (non-hydrogen) atoms. The summed E-state index contributed by atoms with van der Waals surface area (Å²) in [5.74, 6) is 0. The normalized spacial score (nSPS) is 11.6. The van der Waals surface area contributed by atoms with E-state index in [1.54, 1.807) is 24.3 Å². The molecule has 0 fully saturated rings. The van der Waals surface area contributed by atoms with E-state index in [2.05, 4.69) is 21.8 Å². The number of nitrogens with one attached hydrogen (secondary N) is 2. The standard InChI is InChI=1S/C22H20N2O2S/c1-15-7-12-20(13-16(15)2)27(25,26)24-19-10-8-17(9-11-19)22-14-18-5-3-4-6-21(18)23-22/h3-14,23-24H,1-2H3. The number of aromatic nitrogens is 1. The van der Waals surface area contributed by atoms with Crippen LogP contribution in [0.2, 0.25) is 0 Å². The predicted octanol–water partition coefficient (Wildman–Crippen LogP) is 5.25. The minimum atomic E-state index is -3.61. The molecule has 0 unspecified atom stereocenters. The first-order chi connectivity index (χ1) is 12.9. The van der Waals surface area contributed by atoms with E-state index in [4.69, 9.17) is 0 Å². The number of H-pyrrole nitrogens is 1. The molecule has 0 amide bonds. The highest BCUT2D eigenvalue weighted by atomic mass is 32.2. The van der Waals surface area contributed by atoms with Crippen molar-refractivity contribution >= 4 is 26.6 Å². The molecule has 0 saturated carbocycles. The van der Waals surface area contributed by atoms with Gasteiger partial charge in [-0.15, -0.1) is 0 Å². The summed E-state index contributed by atoms with van der Waals surface area (Å²) < 4.78 is 27.9. The topological polar surface area (TPSA) is 62.0 Å². The Kier molecular flexibility index (Phi) is 4.24. The van der Waals surface area contributed by atoms with E-state index in [9.17, 15) is 8.42 Å². The Labute approximate surface area is 158 Å². The Bertz CT molecular complexity index is 1190. The van der Waals surface area contributed by atoms with E-state index in [1.165, 1.54) is 0 Å². The quantitative estimate of drug-likeness (QED) is 0.511. The molecule has 4 aromatic rings. The van der Waals surface area contributed by atoms with Crippen molar-refractivity contribution in [2.45, 2.75) is 18.7 Å². The van der Waals surface area contributed by atoms with Crippen molar-refractivity contribution < 1.29 is 8.42 Å². The number of aromatic amines is 1. The van der Waals surface area contributed by atoms with Crippen LogP contribution < -0.4 is 4.72 Å². The molecule has 0 atom stereocenters. The highest BCUT2D eigenvalue weighted by molar-refractivity contribution is 7.92. The fourth-order valence-electron chi connectivity index (χ4n) is 3.04. The number of aryl methyl sites for hydroxylation is 2. The van der Waals surface area contributed by atoms with Crippen LogP contribution in [0, 0.1) is 13.8 Å². The van der Waals surface area contributed by atoms with Crippen LogP contribution in [0.4, 0.5) is 5.69 Å². The van der Waals surface area contributed by atoms with E-state index in [0.717, 1.165) is 33.3 Å². The molecule has 0 saturated heterocycles. The first-order valence-corrected chi connectivity index (χ1v) is 10.2. The number of anilines is 1. The van der Waals surface area contributed by atoms with E-state index < -0.39 is 10.0 Å². The van der Waals surface area contributed by atoms with Gasteiger partial charge in [-0.3, -0.25) is 4.72 Å². The summed E-state index contributed by atoms with van der Waals surface area (Å²) in [6.45, 7) is 3.87. The third kappa shape index (κ3) is 3.46. The minimum Gasteiger partial charge on any atom is -0.355 e. The first-order valence-electron chi connectivity index (χ1n) is 8.71. The number of fused-ring (bicyclic) bond motifs is 1. The van der Waals surface area contributed by atoms with Crippen LogP contribution in [0.3, 0.4) is 0 Å². The van der Waals surface area contributed by atoms with E-state index in [1.807, 2.05) is 50.2 Å². The summed E-state index contributed by atoms with van der Waals surface area (Å²) >= 11 is 0. The van der Waals surface area contributed by atoms with Gasteiger partial charge in [-0.25, -0.2) is 8.42 Å². The third-order valence-electron chi connectivity index (χ3n) is 4.77. The zero-order chi connectivity index (χ0) is 19.0. The number of para-hydroxylation sites is 1. The Morgan fingerprint density at radius 1 is 0.815 bits per heavy atom. The number of benzene rings is 3. The molecule has 0 aliphatic heterocycles. The lowest BCUT2D eigenvalue weighted by molar-refractivity contribution is 0.601. The Hall–Kier alpha value is -3.05. The van der Waals surface area contributed by atoms with E-state index >= 15 is 0 Å². The second-order valence-electron chi connectivity index (χ2n) is 6.70. The van der Waals surface area contributed by atoms with Gasteiger partial charge in [-0.05, 0) is 66.9 Å². The summed E-state index contributed by atoms with van der Waals surface area (Å²) in [5, 5.41) is 1.15. The summed E-state index contributed by atoms with van der Waals surface area (Å²) in [4.78, 5) is 3.65. The Balaban J connectivity index is 1.59. The van der Waals surface area contributed by atoms with Gasteiger partial charge in [0.05, 0.1) is 4.90 Å². The summed E-state index contributed by atoms with van der Waals surface area (Å²) in [5.41, 5.74) is 5.63. The molecule has 3 aromatic carbocycles. The largest absolute Gasteiger partial charge is 0.355 e. The number of sulfonamides is 1. The molecule has 1 heterocycles. The lowest BCUT2D eigenvalue weighted by atomic mass is 10.1. The third-order valence-corrected chi connectivity index (χ3v) is 6.15. The van der Waals surface area contributed by atoms with Gasteiger partial charge in [-0.1, -0.05) is 36.4 Å². The fraction of sp³-hybridized carbons (Fsp3) is 0.0909. The highest BCUT2D eigenvalue weighted by Crippen LogP contribution is 2.26. The first kappa shape index (κ1) is 17.4. The molecule has 0 spiro atoms. The zero-order valence-electron chi connectivity index (χ0n) is 15.2. The molecular formula is C22H20N2O2S. The van der Waals surface area contributed by atoms with E-state index in [0.29, 0.717) is 5.69 Å². The van der Waals surface area contributed by atoms with Gasteiger partial charge in [-0.2, -0.15) is 0 Å². The fourth-order valence-corrected chi connectivity index (χ4v) is 4.19. The van der Waals surface area contributed by atoms with Gasteiger partial charge in [0.1, 0.15) is 0 Å². The van der Waals surface area contributed by atoms with Gasteiger partial charge < -0.3 is 4.98 Å². The van der Waals surface area contributed by atoms with Crippen LogP contribution in [0.15, 0.2) is 77.7 Å². The number of rotatable bonds is 4. The van der Waals surface area contributed by atoms with Crippen molar-refractivity contribution in [2.75, 3.05) is 4.72 Å².